The van der Waals surface area contributed by atoms with Crippen molar-refractivity contribution in [2.24, 2.45) is 5.73 Å². The molecule has 9 heteroatoms. The van der Waals surface area contributed by atoms with E-state index in [0.717, 1.165) is 11.3 Å². The van der Waals surface area contributed by atoms with Gasteiger partial charge in [-0.25, -0.2) is 9.78 Å². The molecule has 0 spiro atoms. The predicted octanol–water partition coefficient (Wildman–Crippen LogP) is 4.12. The van der Waals surface area contributed by atoms with Crippen molar-refractivity contribution in [2.45, 2.75) is 72.1 Å². The molecule has 2 rings (SSSR count). The Balaban J connectivity index is 2.23. The lowest BCUT2D eigenvalue weighted by Gasteiger charge is -2.29. The number of hydrogen-bond acceptors (Lipinski definition) is 7. The number of benzene rings is 1. The van der Waals surface area contributed by atoms with Crippen LogP contribution >= 0.6 is 0 Å². The Bertz CT molecular complexity index is 942. The van der Waals surface area contributed by atoms with Crippen LogP contribution in [0.1, 0.15) is 63.4 Å². The molecule has 0 bridgehead atoms. The molecular weight excluding hydrogens is 408 g/mol. The highest BCUT2D eigenvalue weighted by Gasteiger charge is 2.25. The van der Waals surface area contributed by atoms with E-state index in [1.807, 2.05) is 65.8 Å². The van der Waals surface area contributed by atoms with Gasteiger partial charge in [0.25, 0.3) is 5.91 Å². The summed E-state index contributed by atoms with van der Waals surface area (Å²) < 4.78 is 5.38. The molecule has 1 aromatic carbocycles. The number of hydrogen-bond donors (Lipinski definition) is 4. The minimum absolute atomic E-state index is 0.154. The highest BCUT2D eigenvalue weighted by Crippen LogP contribution is 2.21. The molecule has 1 heterocycles. The first-order valence-corrected chi connectivity index (χ1v) is 10.8. The third-order valence-electron chi connectivity index (χ3n) is 4.72. The monoisotopic (exact) mass is 442 g/mol. The number of anilines is 3. The normalized spacial score (nSPS) is 13.1. The fourth-order valence-electron chi connectivity index (χ4n) is 3.19. The molecule has 0 aliphatic carbocycles. The van der Waals surface area contributed by atoms with E-state index >= 15 is 0 Å². The molecule has 0 saturated heterocycles. The van der Waals surface area contributed by atoms with Crippen LogP contribution in [0.5, 0.6) is 0 Å². The second-order valence-corrected chi connectivity index (χ2v) is 8.63. The summed E-state index contributed by atoms with van der Waals surface area (Å²) >= 11 is 0. The molecule has 2 amide bonds. The maximum atomic E-state index is 12.3. The fraction of sp³-hybridized carbons (Fsp3) is 0.478. The number of nitrogens with two attached hydrogens (primary N) is 1. The van der Waals surface area contributed by atoms with Crippen LogP contribution in [0.4, 0.5) is 22.2 Å². The van der Waals surface area contributed by atoms with Gasteiger partial charge < -0.3 is 26.4 Å². The van der Waals surface area contributed by atoms with Crippen LogP contribution in [-0.2, 0) is 4.74 Å². The largest absolute Gasteiger partial charge is 0.444 e. The number of alkyl carbamates (subject to hydrolysis) is 1. The van der Waals surface area contributed by atoms with Crippen molar-refractivity contribution in [2.75, 3.05) is 10.6 Å². The molecule has 0 radical (unpaired) electrons. The number of carbonyl (C=O) groups excluding carboxylic acids is 2. The minimum atomic E-state index is -0.628. The first kappa shape index (κ1) is 24.9. The Kier molecular flexibility index (Phi) is 8.40. The fourth-order valence-corrected chi connectivity index (χ4v) is 3.19. The van der Waals surface area contributed by atoms with Gasteiger partial charge in [-0.1, -0.05) is 26.0 Å². The van der Waals surface area contributed by atoms with Crippen LogP contribution in [-0.4, -0.2) is 39.7 Å². The van der Waals surface area contributed by atoms with Crippen LogP contribution in [0.15, 0.2) is 30.5 Å². The topological polar surface area (TPSA) is 131 Å². The predicted molar refractivity (Wildman–Crippen MR) is 126 cm³/mol. The number of nitrogens with zero attached hydrogens (tertiary/aromatic N) is 2. The Morgan fingerprint density at radius 1 is 1.16 bits per heavy atom. The van der Waals surface area contributed by atoms with Gasteiger partial charge in [0.05, 0.1) is 6.04 Å². The van der Waals surface area contributed by atoms with E-state index in [1.165, 1.54) is 6.20 Å². The van der Waals surface area contributed by atoms with E-state index in [1.54, 1.807) is 0 Å². The summed E-state index contributed by atoms with van der Waals surface area (Å²) in [5.74, 6) is 0.00168. The molecular formula is C23H34N6O3. The first-order valence-electron chi connectivity index (χ1n) is 10.8. The van der Waals surface area contributed by atoms with Crippen molar-refractivity contribution in [1.82, 2.24) is 15.3 Å². The average Bonchev–Trinajstić information content (AvgIpc) is 2.69. The Hall–Kier alpha value is -3.36. The van der Waals surface area contributed by atoms with Gasteiger partial charge in [-0.15, -0.1) is 0 Å². The van der Waals surface area contributed by atoms with Crippen LogP contribution in [0, 0.1) is 6.92 Å². The summed E-state index contributed by atoms with van der Waals surface area (Å²) in [4.78, 5) is 32.9. The lowest BCUT2D eigenvalue weighted by Crippen LogP contribution is -2.48. The number of amides is 2. The maximum absolute atomic E-state index is 12.3. The van der Waals surface area contributed by atoms with Crippen molar-refractivity contribution in [3.8, 4) is 0 Å². The van der Waals surface area contributed by atoms with E-state index in [0.29, 0.717) is 24.6 Å². The van der Waals surface area contributed by atoms with Crippen molar-refractivity contribution in [3.05, 3.63) is 41.6 Å². The molecule has 2 aromatic rings. The van der Waals surface area contributed by atoms with E-state index in [-0.39, 0.29) is 17.6 Å². The molecule has 0 aliphatic rings. The highest BCUT2D eigenvalue weighted by molar-refractivity contribution is 5.98. The highest BCUT2D eigenvalue weighted by atomic mass is 16.6. The molecule has 0 fully saturated rings. The van der Waals surface area contributed by atoms with Gasteiger partial charge in [0, 0.05) is 17.9 Å². The summed E-state index contributed by atoms with van der Waals surface area (Å²) in [5, 5.41) is 9.33. The summed E-state index contributed by atoms with van der Waals surface area (Å²) in [6, 6.07) is 7.33. The lowest BCUT2D eigenvalue weighted by molar-refractivity contribution is 0.0496. The maximum Gasteiger partial charge on any atom is 0.407 e. The number of primary amides is 1. The molecule has 2 atom stereocenters. The minimum Gasteiger partial charge on any atom is -0.444 e. The second-order valence-electron chi connectivity index (χ2n) is 8.63. The van der Waals surface area contributed by atoms with E-state index < -0.39 is 17.6 Å². The van der Waals surface area contributed by atoms with Gasteiger partial charge in [0.1, 0.15) is 17.0 Å². The van der Waals surface area contributed by atoms with Crippen molar-refractivity contribution in [3.63, 3.8) is 0 Å². The molecule has 0 aliphatic heterocycles. The van der Waals surface area contributed by atoms with E-state index in [4.69, 9.17) is 10.5 Å². The summed E-state index contributed by atoms with van der Waals surface area (Å²) in [5.41, 5.74) is 6.96. The molecule has 9 nitrogen and oxygen atoms in total. The van der Waals surface area contributed by atoms with Crippen LogP contribution < -0.4 is 21.7 Å². The third kappa shape index (κ3) is 7.40. The van der Waals surface area contributed by atoms with Crippen LogP contribution in [0.3, 0.4) is 0 Å². The van der Waals surface area contributed by atoms with Gasteiger partial charge in [0.2, 0.25) is 5.95 Å². The molecule has 32 heavy (non-hydrogen) atoms. The second kappa shape index (κ2) is 10.8. The standard InChI is InChI=1S/C23H34N6O3/c1-7-17(18(8-2)28-22(31)32-23(4,5)6)27-21-25-13-16(19(24)30)20(29-21)26-15-11-9-10-14(3)12-15/h9-13,17-18H,7-8H2,1-6H3,(H2,24,30)(H,28,31)(H2,25,26,27,29)/t17-,18+/m0/s1. The Morgan fingerprint density at radius 3 is 2.41 bits per heavy atom. The Morgan fingerprint density at radius 2 is 1.84 bits per heavy atom. The van der Waals surface area contributed by atoms with Gasteiger partial charge in [-0.05, 0) is 58.2 Å². The van der Waals surface area contributed by atoms with Gasteiger partial charge in [-0.3, -0.25) is 4.79 Å². The molecule has 174 valence electrons. The van der Waals surface area contributed by atoms with E-state index in [9.17, 15) is 9.59 Å². The summed E-state index contributed by atoms with van der Waals surface area (Å²) in [6.07, 6.45) is 2.30. The molecule has 0 unspecified atom stereocenters. The zero-order valence-corrected chi connectivity index (χ0v) is 19.7. The van der Waals surface area contributed by atoms with E-state index in [2.05, 4.69) is 25.9 Å². The zero-order valence-electron chi connectivity index (χ0n) is 19.7. The third-order valence-corrected chi connectivity index (χ3v) is 4.72. The van der Waals surface area contributed by atoms with Crippen LogP contribution in [0.25, 0.3) is 0 Å². The Labute approximate surface area is 189 Å². The van der Waals surface area contributed by atoms with Gasteiger partial charge in [-0.2, -0.15) is 4.98 Å². The van der Waals surface area contributed by atoms with Crippen molar-refractivity contribution >= 4 is 29.5 Å². The smallest absolute Gasteiger partial charge is 0.407 e. The first-order chi connectivity index (χ1) is 15.0. The van der Waals surface area contributed by atoms with Gasteiger partial charge >= 0.3 is 6.09 Å². The number of ether oxygens (including phenoxy) is 1. The summed E-state index contributed by atoms with van der Waals surface area (Å²) in [6.45, 7) is 11.4. The number of rotatable bonds is 9. The number of aryl methyl sites for hydroxylation is 1. The lowest BCUT2D eigenvalue weighted by atomic mass is 10.0. The quantitative estimate of drug-likeness (QED) is 0.459. The van der Waals surface area contributed by atoms with Gasteiger partial charge in [0.15, 0.2) is 0 Å². The molecule has 0 saturated carbocycles. The number of nitrogens with one attached hydrogen (secondary N) is 3. The van der Waals surface area contributed by atoms with Crippen molar-refractivity contribution < 1.29 is 14.3 Å². The summed E-state index contributed by atoms with van der Waals surface area (Å²) in [7, 11) is 0. The number of carbonyl (C=O) groups is 2. The zero-order chi connectivity index (χ0) is 23.9. The van der Waals surface area contributed by atoms with Crippen LogP contribution in [0.2, 0.25) is 0 Å². The van der Waals surface area contributed by atoms with Crippen molar-refractivity contribution in [1.29, 1.82) is 0 Å². The number of aromatic nitrogens is 2. The average molecular weight is 443 g/mol. The molecule has 5 N–H and O–H groups in total. The molecule has 1 aromatic heterocycles. The SMILES string of the molecule is CC[C@H](Nc1ncc(C(N)=O)c(Nc2cccc(C)c2)n1)[C@@H](CC)NC(=O)OC(C)(C)C.